The van der Waals surface area contributed by atoms with Crippen molar-refractivity contribution in [2.24, 2.45) is 11.1 Å². The smallest absolute Gasteiger partial charge is 0.182 e. The van der Waals surface area contributed by atoms with Crippen LogP contribution in [-0.2, 0) is 14.6 Å². The van der Waals surface area contributed by atoms with E-state index in [1.165, 1.54) is 24.3 Å². The van der Waals surface area contributed by atoms with Crippen molar-refractivity contribution >= 4 is 21.4 Å². The molecule has 0 aliphatic heterocycles. The van der Waals surface area contributed by atoms with Crippen LogP contribution in [0, 0.1) is 11.2 Å². The molecule has 1 fully saturated rings. The number of benzene rings is 2. The predicted octanol–water partition coefficient (Wildman–Crippen LogP) is 3.40. The van der Waals surface area contributed by atoms with Crippen LogP contribution in [0.5, 0.6) is 0 Å². The van der Waals surface area contributed by atoms with Gasteiger partial charge < -0.3 is 10.5 Å². The molecule has 0 heterocycles. The van der Waals surface area contributed by atoms with Crippen LogP contribution >= 0.6 is 11.6 Å². The van der Waals surface area contributed by atoms with Gasteiger partial charge in [-0.2, -0.15) is 0 Å². The third-order valence-electron chi connectivity index (χ3n) is 5.02. The van der Waals surface area contributed by atoms with Crippen molar-refractivity contribution in [2.75, 3.05) is 19.8 Å². The Labute approximate surface area is 158 Å². The molecule has 3 rings (SSSR count). The van der Waals surface area contributed by atoms with E-state index < -0.39 is 32.2 Å². The van der Waals surface area contributed by atoms with E-state index in [-0.39, 0.29) is 18.0 Å². The van der Waals surface area contributed by atoms with Gasteiger partial charge in [-0.15, -0.1) is 0 Å². The first-order chi connectivity index (χ1) is 12.4. The van der Waals surface area contributed by atoms with Crippen LogP contribution in [0.2, 0.25) is 5.02 Å². The van der Waals surface area contributed by atoms with Crippen LogP contribution in [-0.4, -0.2) is 33.4 Å². The van der Waals surface area contributed by atoms with Gasteiger partial charge in [0.15, 0.2) is 9.84 Å². The van der Waals surface area contributed by atoms with E-state index in [0.717, 1.165) is 0 Å². The van der Waals surface area contributed by atoms with E-state index in [9.17, 15) is 12.8 Å². The Kier molecular flexibility index (Phi) is 5.40. The molecule has 0 radical (unpaired) electrons. The molecule has 140 valence electrons. The summed E-state index contributed by atoms with van der Waals surface area (Å²) in [6, 6.07) is 12.1. The van der Waals surface area contributed by atoms with Crippen molar-refractivity contribution < 1.29 is 17.5 Å². The third-order valence-corrected chi connectivity index (χ3v) is 7.61. The number of hydrogen-bond donors (Lipinski definition) is 1. The van der Waals surface area contributed by atoms with Gasteiger partial charge in [0, 0.05) is 29.5 Å². The summed E-state index contributed by atoms with van der Waals surface area (Å²) >= 11 is 5.87. The summed E-state index contributed by atoms with van der Waals surface area (Å²) in [6.45, 7) is 2.63. The highest BCUT2D eigenvalue weighted by atomic mass is 35.5. The molecular weight excluding hydrogens is 377 g/mol. The molecule has 0 saturated heterocycles. The first-order valence-corrected chi connectivity index (χ1v) is 10.3. The number of rotatable bonds is 7. The standard InChI is InChI=1S/C19H21ClFNO3S/c1-2-25-12-19(11-22)17(13-4-3-5-15(21)10-13)18(19)26(23,24)16-8-6-14(20)7-9-16/h3-10,17-18H,2,11-12,22H2,1H3/t17-,18-,19-/m1/s1. The number of hydrogen-bond acceptors (Lipinski definition) is 4. The Morgan fingerprint density at radius 1 is 1.23 bits per heavy atom. The number of sulfone groups is 1. The van der Waals surface area contributed by atoms with Gasteiger partial charge in [0.1, 0.15) is 5.82 Å². The maximum Gasteiger partial charge on any atom is 0.182 e. The summed E-state index contributed by atoms with van der Waals surface area (Å²) < 4.78 is 45.8. The minimum absolute atomic E-state index is 0.131. The van der Waals surface area contributed by atoms with Gasteiger partial charge in [0.05, 0.1) is 16.8 Å². The van der Waals surface area contributed by atoms with E-state index in [1.807, 2.05) is 6.92 Å². The molecule has 2 N–H and O–H groups in total. The average Bonchev–Trinajstić information content (AvgIpc) is 3.31. The Bertz CT molecular complexity index is 888. The monoisotopic (exact) mass is 397 g/mol. The first-order valence-electron chi connectivity index (χ1n) is 8.39. The number of nitrogens with two attached hydrogens (primary N) is 1. The molecule has 1 aliphatic rings. The Balaban J connectivity index is 2.05. The summed E-state index contributed by atoms with van der Waals surface area (Å²) in [6.07, 6.45) is 0. The second-order valence-electron chi connectivity index (χ2n) is 6.53. The highest BCUT2D eigenvalue weighted by molar-refractivity contribution is 7.92. The molecule has 0 amide bonds. The molecule has 4 nitrogen and oxygen atoms in total. The van der Waals surface area contributed by atoms with Gasteiger partial charge in [-0.25, -0.2) is 12.8 Å². The molecule has 2 aromatic rings. The molecule has 3 atom stereocenters. The molecule has 0 unspecified atom stereocenters. The first kappa shape index (κ1) is 19.3. The van der Waals surface area contributed by atoms with Crippen molar-refractivity contribution in [1.29, 1.82) is 0 Å². The second-order valence-corrected chi connectivity index (χ2v) is 9.03. The number of ether oxygens (including phenoxy) is 1. The maximum absolute atomic E-state index is 13.7. The van der Waals surface area contributed by atoms with E-state index in [4.69, 9.17) is 22.1 Å². The van der Waals surface area contributed by atoms with E-state index in [0.29, 0.717) is 17.2 Å². The van der Waals surface area contributed by atoms with E-state index >= 15 is 0 Å². The van der Waals surface area contributed by atoms with Crippen LogP contribution in [0.4, 0.5) is 4.39 Å². The van der Waals surface area contributed by atoms with Crippen molar-refractivity contribution in [1.82, 2.24) is 0 Å². The molecule has 0 aromatic heterocycles. The van der Waals surface area contributed by atoms with Crippen LogP contribution in [0.25, 0.3) is 0 Å². The molecular formula is C19H21ClFNO3S. The van der Waals surface area contributed by atoms with Crippen LogP contribution in [0.3, 0.4) is 0 Å². The fourth-order valence-electron chi connectivity index (χ4n) is 3.69. The lowest BCUT2D eigenvalue weighted by atomic mass is 10.00. The van der Waals surface area contributed by atoms with E-state index in [1.54, 1.807) is 24.3 Å². The minimum Gasteiger partial charge on any atom is -0.381 e. The summed E-state index contributed by atoms with van der Waals surface area (Å²) in [4.78, 5) is 0.181. The third kappa shape index (κ3) is 3.27. The van der Waals surface area contributed by atoms with Gasteiger partial charge in [0.2, 0.25) is 0 Å². The Morgan fingerprint density at radius 3 is 2.50 bits per heavy atom. The fraction of sp³-hybridized carbons (Fsp3) is 0.368. The molecule has 0 spiro atoms. The fourth-order valence-corrected chi connectivity index (χ4v) is 6.26. The van der Waals surface area contributed by atoms with Crippen LogP contribution < -0.4 is 5.73 Å². The largest absolute Gasteiger partial charge is 0.381 e. The second kappa shape index (κ2) is 7.27. The zero-order chi connectivity index (χ0) is 18.9. The SMILES string of the molecule is CCOC[C@]1(CN)[C@H](c2cccc(F)c2)[C@H]1S(=O)(=O)c1ccc(Cl)cc1. The van der Waals surface area contributed by atoms with E-state index in [2.05, 4.69) is 0 Å². The van der Waals surface area contributed by atoms with Gasteiger partial charge in [-0.05, 0) is 48.9 Å². The zero-order valence-corrected chi connectivity index (χ0v) is 15.9. The van der Waals surface area contributed by atoms with Gasteiger partial charge in [-0.1, -0.05) is 23.7 Å². The molecule has 1 saturated carbocycles. The molecule has 1 aliphatic carbocycles. The normalized spacial score (nSPS) is 25.2. The lowest BCUT2D eigenvalue weighted by Gasteiger charge is -2.16. The lowest BCUT2D eigenvalue weighted by molar-refractivity contribution is 0.101. The predicted molar refractivity (Wildman–Crippen MR) is 99.5 cm³/mol. The van der Waals surface area contributed by atoms with Gasteiger partial charge in [0.25, 0.3) is 0 Å². The summed E-state index contributed by atoms with van der Waals surface area (Å²) in [5.41, 5.74) is 5.85. The molecule has 2 aromatic carbocycles. The highest BCUT2D eigenvalue weighted by Crippen LogP contribution is 2.63. The maximum atomic E-state index is 13.7. The minimum atomic E-state index is -3.68. The van der Waals surface area contributed by atoms with Crippen molar-refractivity contribution in [3.8, 4) is 0 Å². The van der Waals surface area contributed by atoms with Crippen LogP contribution in [0.15, 0.2) is 53.4 Å². The quantitative estimate of drug-likeness (QED) is 0.777. The average molecular weight is 398 g/mol. The lowest BCUT2D eigenvalue weighted by Crippen LogP contribution is -2.29. The van der Waals surface area contributed by atoms with Gasteiger partial charge in [-0.3, -0.25) is 0 Å². The molecule has 7 heteroatoms. The molecule has 26 heavy (non-hydrogen) atoms. The van der Waals surface area contributed by atoms with Gasteiger partial charge >= 0.3 is 0 Å². The topological polar surface area (TPSA) is 69.4 Å². The number of halogens is 2. The Hall–Kier alpha value is -1.47. The zero-order valence-electron chi connectivity index (χ0n) is 14.4. The van der Waals surface area contributed by atoms with Crippen molar-refractivity contribution in [3.05, 3.63) is 64.9 Å². The summed E-state index contributed by atoms with van der Waals surface area (Å²) in [7, 11) is -3.68. The summed E-state index contributed by atoms with van der Waals surface area (Å²) in [5.74, 6) is -0.824. The highest BCUT2D eigenvalue weighted by Gasteiger charge is 2.70. The van der Waals surface area contributed by atoms with Crippen molar-refractivity contribution in [3.63, 3.8) is 0 Å². The van der Waals surface area contributed by atoms with Crippen LogP contribution in [0.1, 0.15) is 18.4 Å². The summed E-state index contributed by atoms with van der Waals surface area (Å²) in [5, 5.41) is -0.310. The van der Waals surface area contributed by atoms with Crippen molar-refractivity contribution in [2.45, 2.75) is 23.0 Å². The Morgan fingerprint density at radius 2 is 1.92 bits per heavy atom. The molecule has 0 bridgehead atoms.